The van der Waals surface area contributed by atoms with Crippen LogP contribution in [0.25, 0.3) is 0 Å². The Morgan fingerprint density at radius 1 is 1.59 bits per heavy atom. The molecule has 5 heteroatoms. The van der Waals surface area contributed by atoms with Gasteiger partial charge in [-0.1, -0.05) is 11.6 Å². The van der Waals surface area contributed by atoms with E-state index in [1.165, 1.54) is 6.07 Å². The summed E-state index contributed by atoms with van der Waals surface area (Å²) in [7, 11) is 0. The Balaban J connectivity index is 2.35. The Labute approximate surface area is 110 Å². The molecule has 1 fully saturated rings. The van der Waals surface area contributed by atoms with Crippen molar-refractivity contribution in [2.75, 3.05) is 17.2 Å². The zero-order valence-electron chi connectivity index (χ0n) is 9.41. The van der Waals surface area contributed by atoms with E-state index in [-0.39, 0.29) is 22.7 Å². The number of nitrogens with zero attached hydrogens (tertiary/aromatic N) is 1. The molecule has 0 radical (unpaired) electrons. The maximum absolute atomic E-state index is 13.3. The van der Waals surface area contributed by atoms with Crippen LogP contribution in [0.2, 0.25) is 5.02 Å². The number of thiol groups is 1. The second-order valence-corrected chi connectivity index (χ2v) is 5.08. The molecule has 2 nitrogen and oxygen atoms in total. The smallest absolute Gasteiger partial charge is 0.227 e. The average molecular weight is 274 g/mol. The van der Waals surface area contributed by atoms with Crippen LogP contribution in [0.5, 0.6) is 0 Å². The van der Waals surface area contributed by atoms with Crippen molar-refractivity contribution >= 4 is 35.8 Å². The van der Waals surface area contributed by atoms with Gasteiger partial charge in [0.1, 0.15) is 5.82 Å². The largest absolute Gasteiger partial charge is 0.311 e. The first-order valence-corrected chi connectivity index (χ1v) is 6.41. The predicted molar refractivity (Wildman–Crippen MR) is 70.5 cm³/mol. The van der Waals surface area contributed by atoms with Gasteiger partial charge in [0.25, 0.3) is 0 Å². The van der Waals surface area contributed by atoms with E-state index in [1.54, 1.807) is 17.9 Å². The molecule has 1 saturated heterocycles. The number of rotatable bonds is 2. The zero-order chi connectivity index (χ0) is 12.6. The molecule has 1 atom stereocenters. The van der Waals surface area contributed by atoms with E-state index in [1.807, 2.05) is 0 Å². The van der Waals surface area contributed by atoms with Crippen molar-refractivity contribution in [2.45, 2.75) is 13.3 Å². The fraction of sp³-hybridized carbons (Fsp3) is 0.417. The van der Waals surface area contributed by atoms with Gasteiger partial charge in [-0.3, -0.25) is 4.79 Å². The van der Waals surface area contributed by atoms with E-state index < -0.39 is 0 Å². The Kier molecular flexibility index (Phi) is 3.64. The highest BCUT2D eigenvalue weighted by Gasteiger charge is 2.31. The molecule has 2 rings (SSSR count). The summed E-state index contributed by atoms with van der Waals surface area (Å²) in [6.07, 6.45) is 0.482. The summed E-state index contributed by atoms with van der Waals surface area (Å²) in [5.41, 5.74) is 1.09. The van der Waals surface area contributed by atoms with Gasteiger partial charge < -0.3 is 4.90 Å². The number of benzene rings is 1. The van der Waals surface area contributed by atoms with Crippen LogP contribution in [-0.4, -0.2) is 18.2 Å². The second kappa shape index (κ2) is 4.86. The average Bonchev–Trinajstić information content (AvgIpc) is 2.65. The molecule has 1 aliphatic rings. The van der Waals surface area contributed by atoms with Crippen LogP contribution in [0.15, 0.2) is 12.1 Å². The van der Waals surface area contributed by atoms with Crippen molar-refractivity contribution in [3.05, 3.63) is 28.5 Å². The fourth-order valence-electron chi connectivity index (χ4n) is 1.99. The van der Waals surface area contributed by atoms with Crippen LogP contribution in [0.3, 0.4) is 0 Å². The number of amides is 1. The van der Waals surface area contributed by atoms with Gasteiger partial charge >= 0.3 is 0 Å². The molecule has 0 aliphatic carbocycles. The highest BCUT2D eigenvalue weighted by molar-refractivity contribution is 7.80. The van der Waals surface area contributed by atoms with Gasteiger partial charge in [0, 0.05) is 13.0 Å². The Bertz CT molecular complexity index is 466. The van der Waals surface area contributed by atoms with E-state index in [2.05, 4.69) is 12.6 Å². The first kappa shape index (κ1) is 12.7. The first-order valence-electron chi connectivity index (χ1n) is 5.39. The second-order valence-electron chi connectivity index (χ2n) is 4.31. The van der Waals surface area contributed by atoms with E-state index >= 15 is 0 Å². The summed E-state index contributed by atoms with van der Waals surface area (Å²) >= 11 is 10.2. The minimum Gasteiger partial charge on any atom is -0.311 e. The van der Waals surface area contributed by atoms with E-state index in [9.17, 15) is 9.18 Å². The summed E-state index contributed by atoms with van der Waals surface area (Å²) in [6.45, 7) is 2.26. The number of hydrogen-bond acceptors (Lipinski definition) is 2. The number of carbonyl (C=O) groups is 1. The van der Waals surface area contributed by atoms with Crippen LogP contribution < -0.4 is 4.90 Å². The normalized spacial score (nSPS) is 20.1. The third kappa shape index (κ3) is 2.43. The Hall–Kier alpha value is -0.740. The minimum atomic E-state index is -0.351. The molecule has 0 bridgehead atoms. The van der Waals surface area contributed by atoms with E-state index in [4.69, 9.17) is 11.6 Å². The first-order chi connectivity index (χ1) is 8.02. The van der Waals surface area contributed by atoms with Crippen molar-refractivity contribution in [3.63, 3.8) is 0 Å². The van der Waals surface area contributed by atoms with Crippen LogP contribution in [0, 0.1) is 18.7 Å². The van der Waals surface area contributed by atoms with Gasteiger partial charge in [-0.05, 0) is 36.3 Å². The lowest BCUT2D eigenvalue weighted by Gasteiger charge is -2.18. The third-order valence-corrected chi connectivity index (χ3v) is 3.80. The zero-order valence-corrected chi connectivity index (χ0v) is 11.1. The number of anilines is 1. The van der Waals surface area contributed by atoms with Crippen molar-refractivity contribution in [2.24, 2.45) is 5.92 Å². The van der Waals surface area contributed by atoms with Gasteiger partial charge in [-0.2, -0.15) is 12.6 Å². The standard InChI is InChI=1S/C12H13ClFNOS/c1-7-2-11(9(13)4-10(7)14)15-5-8(6-17)3-12(15)16/h2,4,8,17H,3,5-6H2,1H3. The quantitative estimate of drug-likeness (QED) is 0.821. The van der Waals surface area contributed by atoms with Gasteiger partial charge in [-0.15, -0.1) is 0 Å². The van der Waals surface area contributed by atoms with Gasteiger partial charge in [0.2, 0.25) is 5.91 Å². The fourth-order valence-corrected chi connectivity index (χ4v) is 2.48. The van der Waals surface area contributed by atoms with Gasteiger partial charge in [-0.25, -0.2) is 4.39 Å². The van der Waals surface area contributed by atoms with Crippen molar-refractivity contribution in [1.29, 1.82) is 0 Å². The molecule has 17 heavy (non-hydrogen) atoms. The predicted octanol–water partition coefficient (Wildman–Crippen LogP) is 3.07. The van der Waals surface area contributed by atoms with E-state index in [0.29, 0.717) is 30.0 Å². The molecule has 0 aromatic heterocycles. The maximum Gasteiger partial charge on any atom is 0.227 e. The number of aryl methyl sites for hydroxylation is 1. The SMILES string of the molecule is Cc1cc(N2CC(CS)CC2=O)c(Cl)cc1F. The molecule has 0 saturated carbocycles. The molecule has 1 unspecified atom stereocenters. The molecule has 0 N–H and O–H groups in total. The number of halogens is 2. The highest BCUT2D eigenvalue weighted by atomic mass is 35.5. The van der Waals surface area contributed by atoms with Crippen LogP contribution in [0.4, 0.5) is 10.1 Å². The topological polar surface area (TPSA) is 20.3 Å². The monoisotopic (exact) mass is 273 g/mol. The van der Waals surface area contributed by atoms with Crippen LogP contribution >= 0.6 is 24.2 Å². The minimum absolute atomic E-state index is 0.0250. The maximum atomic E-state index is 13.3. The Morgan fingerprint density at radius 2 is 2.29 bits per heavy atom. The summed E-state index contributed by atoms with van der Waals surface area (Å²) in [5.74, 6) is 0.584. The molecule has 1 aliphatic heterocycles. The lowest BCUT2D eigenvalue weighted by atomic mass is 10.1. The molecule has 0 spiro atoms. The summed E-state index contributed by atoms with van der Waals surface area (Å²) in [5, 5.41) is 0.279. The molecule has 1 heterocycles. The number of hydrogen-bond donors (Lipinski definition) is 1. The number of carbonyl (C=O) groups excluding carboxylic acids is 1. The third-order valence-electron chi connectivity index (χ3n) is 2.98. The van der Waals surface area contributed by atoms with Gasteiger partial charge in [0.15, 0.2) is 0 Å². The Morgan fingerprint density at radius 3 is 2.88 bits per heavy atom. The summed E-state index contributed by atoms with van der Waals surface area (Å²) < 4.78 is 13.3. The molecule has 1 aromatic rings. The van der Waals surface area contributed by atoms with E-state index in [0.717, 1.165) is 0 Å². The summed E-state index contributed by atoms with van der Waals surface area (Å²) in [4.78, 5) is 13.5. The highest BCUT2D eigenvalue weighted by Crippen LogP contribution is 2.33. The van der Waals surface area contributed by atoms with Crippen molar-refractivity contribution in [3.8, 4) is 0 Å². The molecule has 1 aromatic carbocycles. The lowest BCUT2D eigenvalue weighted by Crippen LogP contribution is -2.25. The van der Waals surface area contributed by atoms with Crippen molar-refractivity contribution < 1.29 is 9.18 Å². The molecular formula is C12H13ClFNOS. The molecular weight excluding hydrogens is 261 g/mol. The summed E-state index contributed by atoms with van der Waals surface area (Å²) in [6, 6.07) is 2.88. The molecule has 92 valence electrons. The van der Waals surface area contributed by atoms with Crippen LogP contribution in [-0.2, 0) is 4.79 Å². The van der Waals surface area contributed by atoms with Gasteiger partial charge in [0.05, 0.1) is 10.7 Å². The van der Waals surface area contributed by atoms with Crippen molar-refractivity contribution in [1.82, 2.24) is 0 Å². The lowest BCUT2D eigenvalue weighted by molar-refractivity contribution is -0.117. The molecule has 1 amide bonds. The van der Waals surface area contributed by atoms with Crippen LogP contribution in [0.1, 0.15) is 12.0 Å².